The van der Waals surface area contributed by atoms with Crippen LogP contribution in [0.15, 0.2) is 24.5 Å². The molecule has 1 spiro atoms. The van der Waals surface area contributed by atoms with Gasteiger partial charge in [0.2, 0.25) is 0 Å². The van der Waals surface area contributed by atoms with Crippen LogP contribution in [0.1, 0.15) is 17.0 Å². The van der Waals surface area contributed by atoms with E-state index in [0.29, 0.717) is 31.6 Å². The summed E-state index contributed by atoms with van der Waals surface area (Å²) in [5.74, 6) is 0.139. The lowest BCUT2D eigenvalue weighted by Crippen LogP contribution is -2.35. The molecule has 6 heteroatoms. The fourth-order valence-electron chi connectivity index (χ4n) is 2.91. The van der Waals surface area contributed by atoms with Crippen molar-refractivity contribution in [3.63, 3.8) is 0 Å². The summed E-state index contributed by atoms with van der Waals surface area (Å²) in [6.07, 6.45) is 2.86. The number of aromatic nitrogens is 3. The molecule has 0 aliphatic carbocycles. The third kappa shape index (κ3) is 1.64. The summed E-state index contributed by atoms with van der Waals surface area (Å²) < 4.78 is 13.6. The van der Waals surface area contributed by atoms with Crippen molar-refractivity contribution in [2.45, 2.75) is 18.6 Å². The van der Waals surface area contributed by atoms with E-state index in [1.54, 1.807) is 12.4 Å². The van der Waals surface area contributed by atoms with Gasteiger partial charge in [-0.05, 0) is 23.8 Å². The number of fused-ring (bicyclic) bond motifs is 3. The van der Waals surface area contributed by atoms with E-state index in [4.69, 9.17) is 14.7 Å². The van der Waals surface area contributed by atoms with Crippen LogP contribution in [0.2, 0.25) is 0 Å². The van der Waals surface area contributed by atoms with Crippen LogP contribution < -0.4 is 0 Å². The molecule has 1 aromatic heterocycles. The topological polar surface area (TPSA) is 73.0 Å². The quantitative estimate of drug-likeness (QED) is 0.712. The van der Waals surface area contributed by atoms with Crippen molar-refractivity contribution in [3.8, 4) is 11.8 Å². The summed E-state index contributed by atoms with van der Waals surface area (Å²) in [6, 6.07) is 7.79. The molecule has 0 atom stereocenters. The summed E-state index contributed by atoms with van der Waals surface area (Å²) >= 11 is 0. The standard InChI is InChI=1S/C14H12N4O2/c15-8-10-1-2-12-11(5-10)6-14(19-3-4-20-14)7-13-17-16-9-18(12)13/h1-2,5,9H,3-4,6-7H2. The second-order valence-electron chi connectivity index (χ2n) is 5.03. The molecular weight excluding hydrogens is 256 g/mol. The summed E-state index contributed by atoms with van der Waals surface area (Å²) in [7, 11) is 0. The van der Waals surface area contributed by atoms with Gasteiger partial charge in [-0.25, -0.2) is 0 Å². The van der Waals surface area contributed by atoms with Gasteiger partial charge in [0.25, 0.3) is 0 Å². The molecule has 1 aromatic carbocycles. The SMILES string of the molecule is N#Cc1ccc2c(c1)CC1(Cc3nncn3-2)OCCO1. The fraction of sp³-hybridized carbons (Fsp3) is 0.357. The summed E-state index contributed by atoms with van der Waals surface area (Å²) in [6.45, 7) is 1.17. The molecule has 0 N–H and O–H groups in total. The Morgan fingerprint density at radius 3 is 2.90 bits per heavy atom. The van der Waals surface area contributed by atoms with Crippen molar-refractivity contribution in [1.29, 1.82) is 5.26 Å². The molecule has 3 heterocycles. The smallest absolute Gasteiger partial charge is 0.179 e. The number of nitrogens with zero attached hydrogens (tertiary/aromatic N) is 4. The zero-order chi connectivity index (χ0) is 13.6. The number of nitriles is 1. The number of hydrogen-bond donors (Lipinski definition) is 0. The maximum Gasteiger partial charge on any atom is 0.179 e. The first-order chi connectivity index (χ1) is 9.80. The van der Waals surface area contributed by atoms with Gasteiger partial charge in [-0.1, -0.05) is 0 Å². The fourth-order valence-corrected chi connectivity index (χ4v) is 2.91. The molecular formula is C14H12N4O2. The van der Waals surface area contributed by atoms with Gasteiger partial charge in [0.1, 0.15) is 12.2 Å². The molecule has 2 aliphatic heterocycles. The summed E-state index contributed by atoms with van der Waals surface area (Å²) in [5.41, 5.74) is 2.64. The Balaban J connectivity index is 1.92. The van der Waals surface area contributed by atoms with Gasteiger partial charge >= 0.3 is 0 Å². The highest BCUT2D eigenvalue weighted by Gasteiger charge is 2.41. The lowest BCUT2D eigenvalue weighted by atomic mass is 10.0. The van der Waals surface area contributed by atoms with Crippen molar-refractivity contribution in [2.75, 3.05) is 13.2 Å². The van der Waals surface area contributed by atoms with Crippen molar-refractivity contribution < 1.29 is 9.47 Å². The first kappa shape index (κ1) is 11.6. The molecule has 100 valence electrons. The van der Waals surface area contributed by atoms with Gasteiger partial charge in [0.05, 0.1) is 37.0 Å². The van der Waals surface area contributed by atoms with E-state index >= 15 is 0 Å². The summed E-state index contributed by atoms with van der Waals surface area (Å²) in [4.78, 5) is 0. The largest absolute Gasteiger partial charge is 0.347 e. The second-order valence-corrected chi connectivity index (χ2v) is 5.03. The van der Waals surface area contributed by atoms with Crippen LogP contribution in [-0.2, 0) is 22.3 Å². The molecule has 0 bridgehead atoms. The Morgan fingerprint density at radius 2 is 2.10 bits per heavy atom. The highest BCUT2D eigenvalue weighted by molar-refractivity contribution is 5.49. The molecule has 2 aromatic rings. The van der Waals surface area contributed by atoms with E-state index in [0.717, 1.165) is 17.1 Å². The predicted octanol–water partition coefficient (Wildman–Crippen LogP) is 0.981. The molecule has 0 unspecified atom stereocenters. The minimum Gasteiger partial charge on any atom is -0.347 e. The van der Waals surface area contributed by atoms with E-state index in [-0.39, 0.29) is 0 Å². The number of ether oxygens (including phenoxy) is 2. The van der Waals surface area contributed by atoms with Crippen molar-refractivity contribution in [2.24, 2.45) is 0 Å². The number of rotatable bonds is 0. The Labute approximate surface area is 115 Å². The van der Waals surface area contributed by atoms with Crippen LogP contribution in [0, 0.1) is 11.3 Å². The highest BCUT2D eigenvalue weighted by atomic mass is 16.7. The van der Waals surface area contributed by atoms with Crippen molar-refractivity contribution >= 4 is 0 Å². The van der Waals surface area contributed by atoms with Crippen LogP contribution >= 0.6 is 0 Å². The monoisotopic (exact) mass is 268 g/mol. The Kier molecular flexibility index (Phi) is 2.39. The normalized spacial score (nSPS) is 19.1. The van der Waals surface area contributed by atoms with E-state index in [9.17, 15) is 0 Å². The van der Waals surface area contributed by atoms with E-state index in [2.05, 4.69) is 16.3 Å². The first-order valence-electron chi connectivity index (χ1n) is 6.50. The van der Waals surface area contributed by atoms with E-state index in [1.807, 2.05) is 16.7 Å². The molecule has 1 fully saturated rings. The predicted molar refractivity (Wildman–Crippen MR) is 68.1 cm³/mol. The Morgan fingerprint density at radius 1 is 1.25 bits per heavy atom. The van der Waals surface area contributed by atoms with Crippen molar-refractivity contribution in [3.05, 3.63) is 41.5 Å². The molecule has 2 aliphatic rings. The van der Waals surface area contributed by atoms with Gasteiger partial charge in [0.15, 0.2) is 5.79 Å². The lowest BCUT2D eigenvalue weighted by Gasteiger charge is -2.25. The molecule has 20 heavy (non-hydrogen) atoms. The van der Waals surface area contributed by atoms with Crippen LogP contribution in [-0.4, -0.2) is 33.8 Å². The summed E-state index contributed by atoms with van der Waals surface area (Å²) in [5, 5.41) is 17.2. The first-order valence-corrected chi connectivity index (χ1v) is 6.50. The van der Waals surface area contributed by atoms with E-state index < -0.39 is 5.79 Å². The maximum atomic E-state index is 9.08. The third-order valence-corrected chi connectivity index (χ3v) is 3.79. The number of benzene rings is 1. The second kappa shape index (κ2) is 4.13. The average Bonchev–Trinajstić information content (AvgIpc) is 3.07. The third-order valence-electron chi connectivity index (χ3n) is 3.79. The van der Waals surface area contributed by atoms with Crippen LogP contribution in [0.4, 0.5) is 0 Å². The minimum atomic E-state index is -0.676. The van der Waals surface area contributed by atoms with Gasteiger partial charge in [-0.3, -0.25) is 4.57 Å². The molecule has 4 rings (SSSR count). The molecule has 0 amide bonds. The molecule has 1 saturated heterocycles. The lowest BCUT2D eigenvalue weighted by molar-refractivity contribution is -0.155. The molecule has 0 saturated carbocycles. The van der Waals surface area contributed by atoms with Gasteiger partial charge in [-0.2, -0.15) is 5.26 Å². The van der Waals surface area contributed by atoms with Gasteiger partial charge < -0.3 is 9.47 Å². The minimum absolute atomic E-state index is 0.559. The van der Waals surface area contributed by atoms with Crippen molar-refractivity contribution in [1.82, 2.24) is 14.8 Å². The van der Waals surface area contributed by atoms with Crippen LogP contribution in [0.25, 0.3) is 5.69 Å². The Hall–Kier alpha value is -2.23. The number of hydrogen-bond acceptors (Lipinski definition) is 5. The molecule has 6 nitrogen and oxygen atoms in total. The average molecular weight is 268 g/mol. The van der Waals surface area contributed by atoms with E-state index in [1.165, 1.54) is 0 Å². The van der Waals surface area contributed by atoms with Gasteiger partial charge in [0, 0.05) is 6.42 Å². The Bertz CT molecular complexity index is 710. The zero-order valence-electron chi connectivity index (χ0n) is 10.7. The zero-order valence-corrected chi connectivity index (χ0v) is 10.7. The van der Waals surface area contributed by atoms with Crippen LogP contribution in [0.5, 0.6) is 0 Å². The van der Waals surface area contributed by atoms with Gasteiger partial charge in [-0.15, -0.1) is 10.2 Å². The molecule has 0 radical (unpaired) electrons. The van der Waals surface area contributed by atoms with Crippen LogP contribution in [0.3, 0.4) is 0 Å². The highest BCUT2D eigenvalue weighted by Crippen LogP contribution is 2.34. The maximum absolute atomic E-state index is 9.08.